The van der Waals surface area contributed by atoms with Crippen LogP contribution in [0.5, 0.6) is 0 Å². The Morgan fingerprint density at radius 3 is 2.41 bits per heavy atom. The van der Waals surface area contributed by atoms with Crippen LogP contribution in [0.25, 0.3) is 0 Å². The van der Waals surface area contributed by atoms with Crippen LogP contribution in [0.15, 0.2) is 48.8 Å². The number of rotatable bonds is 7. The number of esters is 1. The highest BCUT2D eigenvalue weighted by Crippen LogP contribution is 2.27. The summed E-state index contributed by atoms with van der Waals surface area (Å²) in [6, 6.07) is 9.23. The number of unbranched alkanes of at least 4 members (excludes halogenated alkanes) is 1. The van der Waals surface area contributed by atoms with Crippen molar-refractivity contribution in [2.24, 2.45) is 0 Å². The summed E-state index contributed by atoms with van der Waals surface area (Å²) in [5.41, 5.74) is 1.35. The van der Waals surface area contributed by atoms with Gasteiger partial charge in [-0.05, 0) is 42.8 Å². The second-order valence-electron chi connectivity index (χ2n) is 8.39. The smallest absolute Gasteiger partial charge is 0.338 e. The quantitative estimate of drug-likeness (QED) is 0.352. The van der Waals surface area contributed by atoms with E-state index in [1.807, 2.05) is 11.8 Å². The Kier molecular flexibility index (Phi) is 7.32. The fraction of sp³-hybridized carbons (Fsp3) is 0.400. The molecule has 0 aliphatic carbocycles. The normalized spacial score (nSPS) is 18.9. The summed E-state index contributed by atoms with van der Waals surface area (Å²) < 4.78 is 5.20. The monoisotopic (exact) mass is 464 g/mol. The minimum absolute atomic E-state index is 0.0866. The molecule has 0 saturated carbocycles. The Morgan fingerprint density at radius 1 is 1.03 bits per heavy atom. The summed E-state index contributed by atoms with van der Waals surface area (Å²) in [4.78, 5) is 59.4. The molecule has 9 heteroatoms. The largest absolute Gasteiger partial charge is 0.462 e. The van der Waals surface area contributed by atoms with Crippen LogP contribution in [0.4, 0.5) is 5.69 Å². The molecule has 3 heterocycles. The lowest BCUT2D eigenvalue weighted by Gasteiger charge is -2.37. The number of ether oxygens (including phenoxy) is 1. The van der Waals surface area contributed by atoms with Gasteiger partial charge in [0.2, 0.25) is 5.91 Å². The van der Waals surface area contributed by atoms with E-state index in [2.05, 4.69) is 4.98 Å². The Bertz CT molecular complexity index is 1050. The lowest BCUT2D eigenvalue weighted by molar-refractivity contribution is -0.123. The second-order valence-corrected chi connectivity index (χ2v) is 8.39. The number of carbonyl (C=O) groups is 4. The van der Waals surface area contributed by atoms with Gasteiger partial charge < -0.3 is 9.64 Å². The molecule has 9 nitrogen and oxygen atoms in total. The first-order chi connectivity index (χ1) is 16.5. The molecule has 0 unspecified atom stereocenters. The van der Waals surface area contributed by atoms with Gasteiger partial charge in [0.25, 0.3) is 11.8 Å². The van der Waals surface area contributed by atoms with Crippen molar-refractivity contribution in [3.63, 3.8) is 0 Å². The van der Waals surface area contributed by atoms with Crippen LogP contribution in [-0.2, 0) is 14.3 Å². The zero-order chi connectivity index (χ0) is 24.1. The van der Waals surface area contributed by atoms with Gasteiger partial charge in [0, 0.05) is 38.6 Å². The molecule has 2 saturated heterocycles. The number of aromatic nitrogens is 1. The molecule has 2 fully saturated rings. The Labute approximate surface area is 198 Å². The Morgan fingerprint density at radius 2 is 1.76 bits per heavy atom. The first-order valence-electron chi connectivity index (χ1n) is 11.6. The molecule has 1 aromatic carbocycles. The van der Waals surface area contributed by atoms with Crippen LogP contribution in [-0.4, -0.2) is 77.3 Å². The van der Waals surface area contributed by atoms with E-state index in [0.717, 1.165) is 12.8 Å². The van der Waals surface area contributed by atoms with Gasteiger partial charge in [-0.25, -0.2) is 9.69 Å². The third-order valence-electron chi connectivity index (χ3n) is 6.17. The van der Waals surface area contributed by atoms with Crippen LogP contribution >= 0.6 is 0 Å². The molecule has 2 aliphatic heterocycles. The van der Waals surface area contributed by atoms with Gasteiger partial charge in [-0.3, -0.25) is 24.3 Å². The third-order valence-corrected chi connectivity index (χ3v) is 6.17. The number of benzene rings is 1. The molecular formula is C25H28N4O5. The van der Waals surface area contributed by atoms with E-state index in [1.54, 1.807) is 53.7 Å². The van der Waals surface area contributed by atoms with Crippen LogP contribution in [0.3, 0.4) is 0 Å². The molecule has 0 N–H and O–H groups in total. The summed E-state index contributed by atoms with van der Waals surface area (Å²) in [5, 5.41) is 0. The number of pyridine rings is 1. The highest BCUT2D eigenvalue weighted by molar-refractivity contribution is 6.22. The van der Waals surface area contributed by atoms with E-state index in [-0.39, 0.29) is 24.1 Å². The zero-order valence-corrected chi connectivity index (χ0v) is 19.2. The summed E-state index contributed by atoms with van der Waals surface area (Å²) in [6.07, 6.45) is 4.99. The molecule has 1 aromatic heterocycles. The molecular weight excluding hydrogens is 436 g/mol. The van der Waals surface area contributed by atoms with Crippen molar-refractivity contribution in [1.82, 2.24) is 14.8 Å². The number of piperazine rings is 1. The predicted molar refractivity (Wildman–Crippen MR) is 124 cm³/mol. The second kappa shape index (κ2) is 10.6. The van der Waals surface area contributed by atoms with E-state index in [1.165, 1.54) is 4.90 Å². The minimum atomic E-state index is -0.554. The number of hydrogen-bond donors (Lipinski definition) is 0. The van der Waals surface area contributed by atoms with Gasteiger partial charge in [0.1, 0.15) is 0 Å². The number of imide groups is 1. The maximum Gasteiger partial charge on any atom is 0.338 e. The molecule has 2 aliphatic rings. The third kappa shape index (κ3) is 4.99. The van der Waals surface area contributed by atoms with E-state index in [9.17, 15) is 19.2 Å². The van der Waals surface area contributed by atoms with Gasteiger partial charge >= 0.3 is 5.97 Å². The first kappa shape index (κ1) is 23.6. The maximum absolute atomic E-state index is 13.1. The van der Waals surface area contributed by atoms with Crippen molar-refractivity contribution in [2.75, 3.05) is 37.7 Å². The number of amides is 3. The molecule has 0 bridgehead atoms. The number of carbonyl (C=O) groups excluding carboxylic acids is 4. The van der Waals surface area contributed by atoms with Gasteiger partial charge in [-0.1, -0.05) is 13.3 Å². The van der Waals surface area contributed by atoms with Crippen molar-refractivity contribution >= 4 is 29.4 Å². The first-order valence-corrected chi connectivity index (χ1v) is 11.6. The zero-order valence-electron chi connectivity index (χ0n) is 19.2. The highest BCUT2D eigenvalue weighted by Gasteiger charge is 2.43. The van der Waals surface area contributed by atoms with Gasteiger partial charge in [0.05, 0.1) is 35.9 Å². The van der Waals surface area contributed by atoms with E-state index in [0.29, 0.717) is 49.6 Å². The summed E-state index contributed by atoms with van der Waals surface area (Å²) in [7, 11) is 0. The van der Waals surface area contributed by atoms with Gasteiger partial charge in [-0.2, -0.15) is 0 Å². The molecule has 4 rings (SSSR count). The van der Waals surface area contributed by atoms with Crippen molar-refractivity contribution in [3.8, 4) is 0 Å². The number of nitrogens with zero attached hydrogens (tertiary/aromatic N) is 4. The average molecular weight is 465 g/mol. The molecule has 3 amide bonds. The van der Waals surface area contributed by atoms with Crippen LogP contribution in [0, 0.1) is 0 Å². The Balaban J connectivity index is 1.36. The van der Waals surface area contributed by atoms with Gasteiger partial charge in [0.15, 0.2) is 0 Å². The number of hydrogen-bond acceptors (Lipinski definition) is 7. The molecule has 0 spiro atoms. The Hall–Kier alpha value is -3.59. The van der Waals surface area contributed by atoms with E-state index >= 15 is 0 Å². The van der Waals surface area contributed by atoms with Crippen LogP contribution in [0.1, 0.15) is 46.9 Å². The van der Waals surface area contributed by atoms with Crippen molar-refractivity contribution in [2.45, 2.75) is 32.2 Å². The maximum atomic E-state index is 13.1. The standard InChI is InChI=1S/C25H28N4O5/c1-2-3-15-34-25(33)18-6-8-20(9-7-18)29-22(30)16-21(24(29)32)27-11-13-28(14-12-27)23(31)19-5-4-10-26-17-19/h4-10,17,21H,2-3,11-16H2,1H3/t21-/m1/s1. The molecule has 2 aromatic rings. The fourth-order valence-electron chi connectivity index (χ4n) is 4.22. The van der Waals surface area contributed by atoms with Crippen LogP contribution < -0.4 is 4.90 Å². The fourth-order valence-corrected chi connectivity index (χ4v) is 4.22. The van der Waals surface area contributed by atoms with Crippen LogP contribution in [0.2, 0.25) is 0 Å². The van der Waals surface area contributed by atoms with E-state index in [4.69, 9.17) is 4.74 Å². The summed E-state index contributed by atoms with van der Waals surface area (Å²) in [5.74, 6) is -1.07. The van der Waals surface area contributed by atoms with Gasteiger partial charge in [-0.15, -0.1) is 0 Å². The summed E-state index contributed by atoms with van der Waals surface area (Å²) >= 11 is 0. The molecule has 1 atom stereocenters. The predicted octanol–water partition coefficient (Wildman–Crippen LogP) is 2.13. The van der Waals surface area contributed by atoms with Crippen molar-refractivity contribution < 1.29 is 23.9 Å². The van der Waals surface area contributed by atoms with Crippen molar-refractivity contribution in [3.05, 3.63) is 59.9 Å². The number of anilines is 1. The summed E-state index contributed by atoms with van der Waals surface area (Å²) in [6.45, 7) is 4.34. The SMILES string of the molecule is CCCCOC(=O)c1ccc(N2C(=O)C[C@@H](N3CCN(C(=O)c4cccnc4)CC3)C2=O)cc1. The minimum Gasteiger partial charge on any atom is -0.462 e. The average Bonchev–Trinajstić information content (AvgIpc) is 3.18. The van der Waals surface area contributed by atoms with E-state index < -0.39 is 12.0 Å². The molecule has 34 heavy (non-hydrogen) atoms. The molecule has 178 valence electrons. The van der Waals surface area contributed by atoms with Crippen molar-refractivity contribution in [1.29, 1.82) is 0 Å². The lowest BCUT2D eigenvalue weighted by Crippen LogP contribution is -2.53. The lowest BCUT2D eigenvalue weighted by atomic mass is 10.1. The molecule has 0 radical (unpaired) electrons. The topological polar surface area (TPSA) is 100 Å². The highest BCUT2D eigenvalue weighted by atomic mass is 16.5.